The molecule has 1 N–H and O–H groups in total. The number of hydrogen-bond acceptors (Lipinski definition) is 5. The van der Waals surface area contributed by atoms with Crippen molar-refractivity contribution in [3.05, 3.63) is 33.9 Å². The summed E-state index contributed by atoms with van der Waals surface area (Å²) in [5.41, 5.74) is 0.334. The molecule has 0 aliphatic rings. The van der Waals surface area contributed by atoms with E-state index in [1.54, 1.807) is 0 Å². The van der Waals surface area contributed by atoms with Crippen LogP contribution >= 0.6 is 0 Å². The van der Waals surface area contributed by atoms with E-state index in [-0.39, 0.29) is 11.8 Å². The van der Waals surface area contributed by atoms with Crippen molar-refractivity contribution in [2.45, 2.75) is 33.0 Å². The van der Waals surface area contributed by atoms with Gasteiger partial charge in [0.1, 0.15) is 12.4 Å². The first-order valence-electron chi connectivity index (χ1n) is 6.12. The van der Waals surface area contributed by atoms with Crippen molar-refractivity contribution >= 4 is 5.69 Å². The van der Waals surface area contributed by atoms with Crippen molar-refractivity contribution in [3.8, 4) is 5.75 Å². The second-order valence-electron chi connectivity index (χ2n) is 4.42. The highest BCUT2D eigenvalue weighted by Crippen LogP contribution is 2.29. The molecule has 19 heavy (non-hydrogen) atoms. The Morgan fingerprint density at radius 3 is 2.53 bits per heavy atom. The molecule has 0 bridgehead atoms. The molecule has 106 valence electrons. The zero-order chi connectivity index (χ0) is 14.4. The first-order chi connectivity index (χ1) is 8.91. The Hall–Kier alpha value is -1.66. The summed E-state index contributed by atoms with van der Waals surface area (Å²) >= 11 is 0. The minimum absolute atomic E-state index is 0.0679. The minimum Gasteiger partial charge on any atom is -0.491 e. The Bertz CT molecular complexity index is 431. The van der Waals surface area contributed by atoms with Crippen LogP contribution in [0.15, 0.2) is 18.2 Å². The van der Waals surface area contributed by atoms with Crippen LogP contribution in [0.4, 0.5) is 5.69 Å². The highest BCUT2D eigenvalue weighted by atomic mass is 16.6. The molecule has 0 saturated heterocycles. The number of aliphatic hydroxyl groups is 1. The van der Waals surface area contributed by atoms with Gasteiger partial charge in [-0.25, -0.2) is 0 Å². The standard InChI is InChI=1S/C13H19NO5/c1-9(2)18-6-7-19-13-5-4-11(14(16)17)8-12(13)10(3)15/h4-5,8-10,15H,6-7H2,1-3H3. The lowest BCUT2D eigenvalue weighted by molar-refractivity contribution is -0.385. The first kappa shape index (κ1) is 15.4. The number of nitrogens with zero attached hydrogens (tertiary/aromatic N) is 1. The van der Waals surface area contributed by atoms with Crippen LogP contribution in [0, 0.1) is 10.1 Å². The monoisotopic (exact) mass is 269 g/mol. The van der Waals surface area contributed by atoms with Crippen molar-refractivity contribution < 1.29 is 19.5 Å². The van der Waals surface area contributed by atoms with Crippen LogP contribution in [-0.4, -0.2) is 29.3 Å². The Labute approximate surface area is 112 Å². The number of aliphatic hydroxyl groups excluding tert-OH is 1. The van der Waals surface area contributed by atoms with Crippen LogP contribution < -0.4 is 4.74 Å². The summed E-state index contributed by atoms with van der Waals surface area (Å²) < 4.78 is 10.8. The minimum atomic E-state index is -0.832. The first-order valence-corrected chi connectivity index (χ1v) is 6.12. The van der Waals surface area contributed by atoms with E-state index in [1.807, 2.05) is 13.8 Å². The van der Waals surface area contributed by atoms with Crippen LogP contribution in [0.5, 0.6) is 5.75 Å². The van der Waals surface area contributed by atoms with E-state index in [1.165, 1.54) is 25.1 Å². The van der Waals surface area contributed by atoms with Crippen LogP contribution in [-0.2, 0) is 4.74 Å². The van der Waals surface area contributed by atoms with Gasteiger partial charge in [0.2, 0.25) is 0 Å². The largest absolute Gasteiger partial charge is 0.491 e. The van der Waals surface area contributed by atoms with Gasteiger partial charge in [-0.1, -0.05) is 0 Å². The van der Waals surface area contributed by atoms with Crippen molar-refractivity contribution in [2.24, 2.45) is 0 Å². The summed E-state index contributed by atoms with van der Waals surface area (Å²) in [5.74, 6) is 0.438. The molecule has 1 aromatic rings. The molecule has 1 aromatic carbocycles. The molecule has 0 saturated carbocycles. The lowest BCUT2D eigenvalue weighted by Crippen LogP contribution is -2.12. The third-order valence-corrected chi connectivity index (χ3v) is 2.45. The number of rotatable bonds is 7. The summed E-state index contributed by atoms with van der Waals surface area (Å²) in [6.45, 7) is 6.14. The molecule has 6 heteroatoms. The summed E-state index contributed by atoms with van der Waals surface area (Å²) in [5, 5.41) is 20.3. The molecular formula is C13H19NO5. The fourth-order valence-corrected chi connectivity index (χ4v) is 1.54. The van der Waals surface area contributed by atoms with Crippen LogP contribution in [0.1, 0.15) is 32.4 Å². The SMILES string of the molecule is CC(C)OCCOc1ccc([N+](=O)[O-])cc1C(C)O. The van der Waals surface area contributed by atoms with Gasteiger partial charge in [0.05, 0.1) is 23.7 Å². The van der Waals surface area contributed by atoms with Gasteiger partial charge in [0, 0.05) is 17.7 Å². The second kappa shape index (κ2) is 7.06. The van der Waals surface area contributed by atoms with Gasteiger partial charge in [-0.3, -0.25) is 10.1 Å². The molecule has 1 atom stereocenters. The number of non-ortho nitro benzene ring substituents is 1. The quantitative estimate of drug-likeness (QED) is 0.467. The third kappa shape index (κ3) is 4.84. The summed E-state index contributed by atoms with van der Waals surface area (Å²) in [7, 11) is 0. The van der Waals surface area contributed by atoms with E-state index in [9.17, 15) is 15.2 Å². The number of nitro groups is 1. The molecule has 6 nitrogen and oxygen atoms in total. The van der Waals surface area contributed by atoms with E-state index in [0.717, 1.165) is 0 Å². The zero-order valence-electron chi connectivity index (χ0n) is 11.3. The molecule has 0 spiro atoms. The summed E-state index contributed by atoms with van der Waals surface area (Å²) in [6, 6.07) is 4.17. The average Bonchev–Trinajstić information content (AvgIpc) is 2.34. The molecule has 0 amide bonds. The Kier molecular flexibility index (Phi) is 5.72. The Morgan fingerprint density at radius 1 is 1.32 bits per heavy atom. The van der Waals surface area contributed by atoms with Crippen molar-refractivity contribution in [1.29, 1.82) is 0 Å². The van der Waals surface area contributed by atoms with E-state index < -0.39 is 11.0 Å². The Morgan fingerprint density at radius 2 is 2.00 bits per heavy atom. The van der Waals surface area contributed by atoms with Crippen LogP contribution in [0.25, 0.3) is 0 Å². The summed E-state index contributed by atoms with van der Waals surface area (Å²) in [4.78, 5) is 10.2. The average molecular weight is 269 g/mol. The normalized spacial score (nSPS) is 12.5. The molecule has 1 unspecified atom stereocenters. The van der Waals surface area contributed by atoms with E-state index in [4.69, 9.17) is 9.47 Å². The molecule has 0 aliphatic heterocycles. The second-order valence-corrected chi connectivity index (χ2v) is 4.42. The van der Waals surface area contributed by atoms with Gasteiger partial charge in [-0.05, 0) is 26.8 Å². The molecule has 1 rings (SSSR count). The van der Waals surface area contributed by atoms with E-state index >= 15 is 0 Å². The van der Waals surface area contributed by atoms with E-state index in [0.29, 0.717) is 24.5 Å². The lowest BCUT2D eigenvalue weighted by atomic mass is 10.1. The molecule has 0 aliphatic carbocycles. The number of hydrogen-bond donors (Lipinski definition) is 1. The molecule has 0 radical (unpaired) electrons. The highest BCUT2D eigenvalue weighted by molar-refractivity contribution is 5.44. The van der Waals surface area contributed by atoms with Crippen molar-refractivity contribution in [1.82, 2.24) is 0 Å². The third-order valence-electron chi connectivity index (χ3n) is 2.45. The number of benzene rings is 1. The number of nitro benzene ring substituents is 1. The van der Waals surface area contributed by atoms with Gasteiger partial charge in [0.25, 0.3) is 5.69 Å². The maximum absolute atomic E-state index is 10.7. The number of ether oxygens (including phenoxy) is 2. The molecule has 0 heterocycles. The Balaban J connectivity index is 2.74. The van der Waals surface area contributed by atoms with Crippen molar-refractivity contribution in [2.75, 3.05) is 13.2 Å². The van der Waals surface area contributed by atoms with Crippen LogP contribution in [0.2, 0.25) is 0 Å². The fraction of sp³-hybridized carbons (Fsp3) is 0.538. The summed E-state index contributed by atoms with van der Waals surface area (Å²) in [6.07, 6.45) is -0.711. The highest BCUT2D eigenvalue weighted by Gasteiger charge is 2.15. The van der Waals surface area contributed by atoms with Gasteiger partial charge < -0.3 is 14.6 Å². The van der Waals surface area contributed by atoms with E-state index in [2.05, 4.69) is 0 Å². The maximum Gasteiger partial charge on any atom is 0.270 e. The maximum atomic E-state index is 10.7. The molecular weight excluding hydrogens is 250 g/mol. The van der Waals surface area contributed by atoms with Crippen molar-refractivity contribution in [3.63, 3.8) is 0 Å². The molecule has 0 aromatic heterocycles. The van der Waals surface area contributed by atoms with Crippen LogP contribution in [0.3, 0.4) is 0 Å². The fourth-order valence-electron chi connectivity index (χ4n) is 1.54. The van der Waals surface area contributed by atoms with Gasteiger partial charge in [-0.2, -0.15) is 0 Å². The molecule has 0 fully saturated rings. The van der Waals surface area contributed by atoms with Gasteiger partial charge in [0.15, 0.2) is 0 Å². The lowest BCUT2D eigenvalue weighted by Gasteiger charge is -2.14. The van der Waals surface area contributed by atoms with Gasteiger partial charge in [-0.15, -0.1) is 0 Å². The zero-order valence-corrected chi connectivity index (χ0v) is 11.3. The smallest absolute Gasteiger partial charge is 0.270 e. The van der Waals surface area contributed by atoms with Gasteiger partial charge >= 0.3 is 0 Å². The topological polar surface area (TPSA) is 81.8 Å². The predicted octanol–water partition coefficient (Wildman–Crippen LogP) is 2.45. The predicted molar refractivity (Wildman–Crippen MR) is 70.3 cm³/mol.